The van der Waals surface area contributed by atoms with E-state index in [9.17, 15) is 27.7 Å². The lowest BCUT2D eigenvalue weighted by Gasteiger charge is -2.10. The van der Waals surface area contributed by atoms with Crippen LogP contribution in [0.25, 0.3) is 0 Å². The lowest BCUT2D eigenvalue weighted by atomic mass is 10.1. The molecule has 7 nitrogen and oxygen atoms in total. The van der Waals surface area contributed by atoms with E-state index in [-0.39, 0.29) is 29.3 Å². The Kier molecular flexibility index (Phi) is 3.71. The number of carbonyl (C=O) groups excluding carboxylic acids is 1. The number of halogens is 1. The van der Waals surface area contributed by atoms with Gasteiger partial charge in [0.1, 0.15) is 5.82 Å². The Hall–Kier alpha value is -2.03. The Morgan fingerprint density at radius 1 is 1.45 bits per heavy atom. The minimum atomic E-state index is -3.23. The Bertz CT molecular complexity index is 673. The molecule has 0 spiro atoms. The van der Waals surface area contributed by atoms with Crippen LogP contribution in [0.2, 0.25) is 0 Å². The van der Waals surface area contributed by atoms with Gasteiger partial charge < -0.3 is 5.32 Å². The minimum Gasteiger partial charge on any atom is -0.323 e. The van der Waals surface area contributed by atoms with Crippen LogP contribution in [0, 0.1) is 21.8 Å². The Morgan fingerprint density at radius 2 is 2.15 bits per heavy atom. The summed E-state index contributed by atoms with van der Waals surface area (Å²) in [6.07, 6.45) is 0.171. The van der Waals surface area contributed by atoms with Gasteiger partial charge in [-0.3, -0.25) is 14.9 Å². The molecule has 0 unspecified atom stereocenters. The van der Waals surface area contributed by atoms with E-state index in [1.54, 1.807) is 0 Å². The number of amides is 1. The number of benzene rings is 1. The molecule has 108 valence electrons. The average Bonchev–Trinajstić information content (AvgIpc) is 2.72. The number of nitro benzene ring substituents is 1. The van der Waals surface area contributed by atoms with Crippen molar-refractivity contribution in [3.8, 4) is 0 Å². The second-order valence-corrected chi connectivity index (χ2v) is 6.74. The first kappa shape index (κ1) is 14.4. The van der Waals surface area contributed by atoms with Gasteiger partial charge in [-0.15, -0.1) is 0 Å². The third-order valence-electron chi connectivity index (χ3n) is 3.02. The second kappa shape index (κ2) is 5.16. The summed E-state index contributed by atoms with van der Waals surface area (Å²) >= 11 is 0. The van der Waals surface area contributed by atoms with Crippen LogP contribution in [0.4, 0.5) is 15.8 Å². The van der Waals surface area contributed by atoms with Crippen molar-refractivity contribution < 1.29 is 22.5 Å². The summed E-state index contributed by atoms with van der Waals surface area (Å²) in [5, 5.41) is 12.8. The number of rotatable bonds is 3. The average molecular weight is 302 g/mol. The fraction of sp³-hybridized carbons (Fsp3) is 0.364. The second-order valence-electron chi connectivity index (χ2n) is 4.51. The number of non-ortho nitro benzene ring substituents is 1. The summed E-state index contributed by atoms with van der Waals surface area (Å²) in [7, 11) is -3.23. The molecule has 0 bridgehead atoms. The largest absolute Gasteiger partial charge is 0.323 e. The van der Waals surface area contributed by atoms with Crippen molar-refractivity contribution in [2.45, 2.75) is 6.42 Å². The maximum absolute atomic E-state index is 13.5. The molecule has 1 amide bonds. The van der Waals surface area contributed by atoms with Gasteiger partial charge in [0.05, 0.1) is 28.0 Å². The lowest BCUT2D eigenvalue weighted by molar-refractivity contribution is -0.384. The summed E-state index contributed by atoms with van der Waals surface area (Å²) in [5.74, 6) is -2.58. The predicted octanol–water partition coefficient (Wildman–Crippen LogP) is 1.11. The zero-order valence-electron chi connectivity index (χ0n) is 10.2. The van der Waals surface area contributed by atoms with Crippen molar-refractivity contribution in [2.24, 2.45) is 5.92 Å². The molecule has 1 aromatic carbocycles. The molecule has 1 aliphatic rings. The number of hydrogen-bond donors (Lipinski definition) is 1. The van der Waals surface area contributed by atoms with Gasteiger partial charge >= 0.3 is 0 Å². The van der Waals surface area contributed by atoms with Gasteiger partial charge in [-0.05, 0) is 12.5 Å². The van der Waals surface area contributed by atoms with E-state index in [4.69, 9.17) is 0 Å². The summed E-state index contributed by atoms with van der Waals surface area (Å²) < 4.78 is 36.0. The van der Waals surface area contributed by atoms with E-state index >= 15 is 0 Å². The van der Waals surface area contributed by atoms with Crippen LogP contribution < -0.4 is 5.32 Å². The number of hydrogen-bond acceptors (Lipinski definition) is 5. The van der Waals surface area contributed by atoms with Crippen LogP contribution in [0.15, 0.2) is 18.2 Å². The summed E-state index contributed by atoms with van der Waals surface area (Å²) in [5.41, 5.74) is -0.686. The molecule has 1 heterocycles. The fourth-order valence-electron chi connectivity index (χ4n) is 1.96. The van der Waals surface area contributed by atoms with Gasteiger partial charge in [0.15, 0.2) is 9.84 Å². The summed E-state index contributed by atoms with van der Waals surface area (Å²) in [6, 6.07) is 2.75. The first-order valence-electron chi connectivity index (χ1n) is 5.74. The zero-order chi connectivity index (χ0) is 14.9. The third kappa shape index (κ3) is 3.10. The molecule has 2 rings (SSSR count). The van der Waals surface area contributed by atoms with E-state index in [0.29, 0.717) is 0 Å². The summed E-state index contributed by atoms with van der Waals surface area (Å²) in [6.45, 7) is 0. The van der Waals surface area contributed by atoms with Gasteiger partial charge in [0, 0.05) is 12.1 Å². The van der Waals surface area contributed by atoms with Gasteiger partial charge in [-0.25, -0.2) is 12.8 Å². The smallest absolute Gasteiger partial charge is 0.271 e. The quantitative estimate of drug-likeness (QED) is 0.665. The SMILES string of the molecule is O=C(Nc1cc([N+](=O)[O-])ccc1F)[C@H]1CCS(=O)(=O)C1. The van der Waals surface area contributed by atoms with Crippen molar-refractivity contribution in [1.29, 1.82) is 0 Å². The molecule has 0 radical (unpaired) electrons. The van der Waals surface area contributed by atoms with Crippen molar-refractivity contribution in [3.05, 3.63) is 34.1 Å². The highest BCUT2D eigenvalue weighted by molar-refractivity contribution is 7.91. The van der Waals surface area contributed by atoms with Crippen molar-refractivity contribution >= 4 is 27.1 Å². The molecule has 1 fully saturated rings. The Morgan fingerprint density at radius 3 is 2.70 bits per heavy atom. The number of nitrogens with zero attached hydrogens (tertiary/aromatic N) is 1. The lowest BCUT2D eigenvalue weighted by Crippen LogP contribution is -2.24. The third-order valence-corrected chi connectivity index (χ3v) is 4.79. The van der Waals surface area contributed by atoms with Crippen molar-refractivity contribution in [3.63, 3.8) is 0 Å². The van der Waals surface area contributed by atoms with Crippen LogP contribution in [0.5, 0.6) is 0 Å². The highest BCUT2D eigenvalue weighted by atomic mass is 32.2. The molecule has 1 saturated heterocycles. The molecule has 9 heteroatoms. The van der Waals surface area contributed by atoms with Gasteiger partial charge in [-0.1, -0.05) is 0 Å². The Labute approximate surface area is 113 Å². The van der Waals surface area contributed by atoms with Crippen LogP contribution >= 0.6 is 0 Å². The molecule has 1 atom stereocenters. The molecule has 1 N–H and O–H groups in total. The molecule has 1 aromatic rings. The molecule has 0 aliphatic carbocycles. The number of nitrogens with one attached hydrogen (secondary N) is 1. The van der Waals surface area contributed by atoms with Crippen LogP contribution in [-0.4, -0.2) is 30.8 Å². The van der Waals surface area contributed by atoms with Crippen molar-refractivity contribution in [1.82, 2.24) is 0 Å². The van der Waals surface area contributed by atoms with E-state index in [2.05, 4.69) is 5.32 Å². The van der Waals surface area contributed by atoms with Crippen LogP contribution in [0.3, 0.4) is 0 Å². The first-order chi connectivity index (χ1) is 9.28. The van der Waals surface area contributed by atoms with Gasteiger partial charge in [-0.2, -0.15) is 0 Å². The summed E-state index contributed by atoms with van der Waals surface area (Å²) in [4.78, 5) is 21.7. The maximum Gasteiger partial charge on any atom is 0.271 e. The normalized spacial score (nSPS) is 20.6. The van der Waals surface area contributed by atoms with Gasteiger partial charge in [0.2, 0.25) is 5.91 Å². The number of nitro groups is 1. The van der Waals surface area contributed by atoms with E-state index in [1.165, 1.54) is 0 Å². The highest BCUT2D eigenvalue weighted by Gasteiger charge is 2.33. The molecule has 0 saturated carbocycles. The van der Waals surface area contributed by atoms with E-state index in [0.717, 1.165) is 18.2 Å². The van der Waals surface area contributed by atoms with E-state index < -0.39 is 32.4 Å². The minimum absolute atomic E-state index is 0.0808. The highest BCUT2D eigenvalue weighted by Crippen LogP contribution is 2.24. The molecular formula is C11H11FN2O5S. The zero-order valence-corrected chi connectivity index (χ0v) is 11.0. The number of carbonyl (C=O) groups is 1. The predicted molar refractivity (Wildman–Crippen MR) is 68.4 cm³/mol. The molecule has 0 aromatic heterocycles. The monoisotopic (exact) mass is 302 g/mol. The molecule has 20 heavy (non-hydrogen) atoms. The maximum atomic E-state index is 13.5. The standard InChI is InChI=1S/C11H11FN2O5S/c12-9-2-1-8(14(16)17)5-10(9)13-11(15)7-3-4-20(18,19)6-7/h1-2,5,7H,3-4,6H2,(H,13,15)/t7-/m0/s1. The van der Waals surface area contributed by atoms with Crippen LogP contribution in [-0.2, 0) is 14.6 Å². The number of anilines is 1. The number of sulfone groups is 1. The molecular weight excluding hydrogens is 291 g/mol. The van der Waals surface area contributed by atoms with Crippen molar-refractivity contribution in [2.75, 3.05) is 16.8 Å². The Balaban J connectivity index is 2.16. The topological polar surface area (TPSA) is 106 Å². The van der Waals surface area contributed by atoms with Crippen LogP contribution in [0.1, 0.15) is 6.42 Å². The van der Waals surface area contributed by atoms with E-state index in [1.807, 2.05) is 0 Å². The van der Waals surface area contributed by atoms with Gasteiger partial charge in [0.25, 0.3) is 5.69 Å². The fourth-order valence-corrected chi connectivity index (χ4v) is 3.70. The first-order valence-corrected chi connectivity index (χ1v) is 7.56. The molecule has 1 aliphatic heterocycles.